The molecule has 0 heterocycles. The van der Waals surface area contributed by atoms with Crippen molar-refractivity contribution in [2.45, 2.75) is 194 Å². The van der Waals surface area contributed by atoms with Gasteiger partial charge in [0.15, 0.2) is 0 Å². The minimum Gasteiger partial charge on any atom is -0.478 e. The Morgan fingerprint density at radius 1 is 0.596 bits per heavy atom. The summed E-state index contributed by atoms with van der Waals surface area (Å²) >= 11 is 0. The molecule has 3 aliphatic rings. The van der Waals surface area contributed by atoms with Gasteiger partial charge < -0.3 is 19.7 Å². The summed E-state index contributed by atoms with van der Waals surface area (Å²) in [4.78, 5) is 39.5. The van der Waals surface area contributed by atoms with Crippen LogP contribution in [0, 0.1) is 23.7 Å². The van der Waals surface area contributed by atoms with Gasteiger partial charge in [-0.25, -0.2) is 14.4 Å². The number of esters is 1. The fourth-order valence-corrected chi connectivity index (χ4v) is 9.17. The molecule has 3 aliphatic carbocycles. The zero-order chi connectivity index (χ0) is 37.4. The lowest BCUT2D eigenvalue weighted by Gasteiger charge is -2.34. The highest BCUT2D eigenvalue weighted by atomic mass is 16.5. The highest BCUT2D eigenvalue weighted by Crippen LogP contribution is 2.43. The monoisotopic (exact) mass is 727 g/mol. The highest BCUT2D eigenvalue weighted by Gasteiger charge is 2.34. The zero-order valence-electron chi connectivity index (χ0n) is 33.1. The first-order chi connectivity index (χ1) is 25.3. The first kappa shape index (κ1) is 44.0. The third kappa shape index (κ3) is 16.3. The number of carboxylic acids is 2. The molecular formula is C45H74O7. The average molecular weight is 727 g/mol. The number of ether oxygens (including phenoxy) is 2. The van der Waals surface area contributed by atoms with Crippen LogP contribution < -0.4 is 0 Å². The number of aliphatic carboxylic acids is 2. The zero-order valence-corrected chi connectivity index (χ0v) is 33.1. The van der Waals surface area contributed by atoms with E-state index in [9.17, 15) is 24.6 Å². The van der Waals surface area contributed by atoms with Crippen LogP contribution in [0.5, 0.6) is 0 Å². The van der Waals surface area contributed by atoms with Crippen molar-refractivity contribution in [2.24, 2.45) is 23.7 Å². The lowest BCUT2D eigenvalue weighted by Crippen LogP contribution is -2.26. The van der Waals surface area contributed by atoms with Gasteiger partial charge >= 0.3 is 17.9 Å². The van der Waals surface area contributed by atoms with Gasteiger partial charge in [-0.05, 0) is 76.5 Å². The minimum absolute atomic E-state index is 0.0522. The predicted octanol–water partition coefficient (Wildman–Crippen LogP) is 12.3. The molecule has 296 valence electrons. The van der Waals surface area contributed by atoms with Crippen molar-refractivity contribution in [3.8, 4) is 0 Å². The Labute approximate surface area is 316 Å². The van der Waals surface area contributed by atoms with Gasteiger partial charge in [-0.1, -0.05) is 146 Å². The second kappa shape index (κ2) is 26.4. The van der Waals surface area contributed by atoms with Crippen LogP contribution in [-0.4, -0.2) is 41.3 Å². The number of carboxylic acid groups (broad SMARTS) is 2. The maximum atomic E-state index is 15.0. The summed E-state index contributed by atoms with van der Waals surface area (Å²) in [6, 6.07) is 0. The number of allylic oxidation sites excluding steroid dienone is 2. The first-order valence-electron chi connectivity index (χ1n) is 21.7. The largest absolute Gasteiger partial charge is 0.478 e. The van der Waals surface area contributed by atoms with E-state index in [1.807, 2.05) is 6.92 Å². The van der Waals surface area contributed by atoms with Crippen molar-refractivity contribution in [3.63, 3.8) is 0 Å². The van der Waals surface area contributed by atoms with Crippen LogP contribution in [0.15, 0.2) is 34.6 Å². The van der Waals surface area contributed by atoms with E-state index in [1.54, 1.807) is 0 Å². The molecule has 0 aromatic rings. The summed E-state index contributed by atoms with van der Waals surface area (Å²) in [5.74, 6) is -2.65. The summed E-state index contributed by atoms with van der Waals surface area (Å²) in [7, 11) is 0. The van der Waals surface area contributed by atoms with E-state index in [4.69, 9.17) is 9.47 Å². The fourth-order valence-electron chi connectivity index (χ4n) is 9.17. The SMILES string of the molecule is CCOCCC(C=C(C)C(=O)O)C(=COC(=O)C(=C(C1CCCCCCCCC1)C1CCCCCCCCC1)C1CCCCCCCCC1)C(=O)O. The van der Waals surface area contributed by atoms with Crippen molar-refractivity contribution in [1.29, 1.82) is 0 Å². The van der Waals surface area contributed by atoms with Gasteiger partial charge in [0.25, 0.3) is 0 Å². The molecule has 3 rings (SSSR count). The van der Waals surface area contributed by atoms with Crippen LogP contribution in [0.25, 0.3) is 0 Å². The molecule has 1 atom stereocenters. The molecule has 0 spiro atoms. The van der Waals surface area contributed by atoms with E-state index in [0.717, 1.165) is 63.2 Å². The molecule has 0 aromatic heterocycles. The summed E-state index contributed by atoms with van der Waals surface area (Å²) < 4.78 is 11.7. The van der Waals surface area contributed by atoms with E-state index in [1.165, 1.54) is 141 Å². The fraction of sp³-hybridized carbons (Fsp3) is 0.800. The Balaban J connectivity index is 2.18. The van der Waals surface area contributed by atoms with E-state index in [-0.39, 0.29) is 36.1 Å². The molecule has 0 radical (unpaired) electrons. The Morgan fingerprint density at radius 2 is 0.981 bits per heavy atom. The summed E-state index contributed by atoms with van der Waals surface area (Å²) in [5, 5.41) is 20.1. The summed E-state index contributed by atoms with van der Waals surface area (Å²) in [5.41, 5.74) is 2.20. The highest BCUT2D eigenvalue weighted by molar-refractivity contribution is 5.92. The van der Waals surface area contributed by atoms with Gasteiger partial charge in [0.1, 0.15) is 6.26 Å². The lowest BCUT2D eigenvalue weighted by atomic mass is 9.71. The molecule has 3 saturated carbocycles. The van der Waals surface area contributed by atoms with Crippen LogP contribution >= 0.6 is 0 Å². The summed E-state index contributed by atoms with van der Waals surface area (Å²) in [6.07, 6.45) is 35.1. The smallest absolute Gasteiger partial charge is 0.339 e. The lowest BCUT2D eigenvalue weighted by molar-refractivity contribution is -0.136. The van der Waals surface area contributed by atoms with Crippen LogP contribution in [0.1, 0.15) is 194 Å². The maximum absolute atomic E-state index is 15.0. The first-order valence-corrected chi connectivity index (χ1v) is 21.7. The molecule has 0 aliphatic heterocycles. The third-order valence-corrected chi connectivity index (χ3v) is 12.1. The topological polar surface area (TPSA) is 110 Å². The molecular weight excluding hydrogens is 652 g/mol. The number of rotatable bonds is 13. The van der Waals surface area contributed by atoms with Gasteiger partial charge in [-0.2, -0.15) is 0 Å². The molecule has 52 heavy (non-hydrogen) atoms. The second-order valence-corrected chi connectivity index (χ2v) is 16.1. The van der Waals surface area contributed by atoms with Crippen molar-refractivity contribution in [1.82, 2.24) is 0 Å². The number of hydrogen-bond donors (Lipinski definition) is 2. The van der Waals surface area contributed by atoms with Crippen LogP contribution in [-0.2, 0) is 23.9 Å². The quantitative estimate of drug-likeness (QED) is 0.0841. The number of carbonyl (C=O) groups is 3. The van der Waals surface area contributed by atoms with Gasteiger partial charge in [0.05, 0.1) is 5.57 Å². The van der Waals surface area contributed by atoms with E-state index >= 15 is 0 Å². The summed E-state index contributed by atoms with van der Waals surface area (Å²) in [6.45, 7) is 4.07. The Kier molecular flexibility index (Phi) is 22.3. The molecule has 2 N–H and O–H groups in total. The minimum atomic E-state index is -1.21. The molecule has 1 unspecified atom stereocenters. The normalized spacial score (nSPS) is 21.7. The average Bonchev–Trinajstić information content (AvgIpc) is 3.13. The van der Waals surface area contributed by atoms with Crippen LogP contribution in [0.3, 0.4) is 0 Å². The van der Waals surface area contributed by atoms with Crippen LogP contribution in [0.2, 0.25) is 0 Å². The van der Waals surface area contributed by atoms with Gasteiger partial charge in [-0.3, -0.25) is 0 Å². The molecule has 3 fully saturated rings. The van der Waals surface area contributed by atoms with E-state index in [2.05, 4.69) is 0 Å². The third-order valence-electron chi connectivity index (χ3n) is 12.1. The molecule has 0 aromatic carbocycles. The van der Waals surface area contributed by atoms with Crippen molar-refractivity contribution >= 4 is 17.9 Å². The molecule has 0 bridgehead atoms. The van der Waals surface area contributed by atoms with E-state index in [0.29, 0.717) is 18.4 Å². The number of hydrogen-bond acceptors (Lipinski definition) is 5. The standard InChI is InChI=1S/C45H74O7/c1-3-51-32-31-39(33-35(2)43(46)47)40(44(48)49)34-52-45(50)42(38-29-23-17-11-6-12-18-24-30-38)41(36-25-19-13-7-4-8-14-20-26-36)37-27-21-15-9-5-10-16-22-28-37/h33-34,36-39H,3-32H2,1-2H3,(H,46,47)(H,48,49). The number of carbonyl (C=O) groups excluding carboxylic acids is 1. The molecule has 0 amide bonds. The van der Waals surface area contributed by atoms with Crippen molar-refractivity contribution < 1.29 is 34.1 Å². The van der Waals surface area contributed by atoms with E-state index < -0.39 is 17.9 Å². The maximum Gasteiger partial charge on any atom is 0.339 e. The Hall–Kier alpha value is -2.41. The molecule has 7 heteroatoms. The molecule has 0 saturated heterocycles. The Morgan fingerprint density at radius 3 is 1.35 bits per heavy atom. The van der Waals surface area contributed by atoms with Crippen LogP contribution in [0.4, 0.5) is 0 Å². The molecule has 7 nitrogen and oxygen atoms in total. The second-order valence-electron chi connectivity index (χ2n) is 16.1. The van der Waals surface area contributed by atoms with Gasteiger partial charge in [-0.15, -0.1) is 0 Å². The van der Waals surface area contributed by atoms with Crippen molar-refractivity contribution in [3.05, 3.63) is 34.6 Å². The van der Waals surface area contributed by atoms with Gasteiger partial charge in [0, 0.05) is 30.3 Å². The van der Waals surface area contributed by atoms with Gasteiger partial charge in [0.2, 0.25) is 0 Å². The van der Waals surface area contributed by atoms with Crippen molar-refractivity contribution in [2.75, 3.05) is 13.2 Å². The predicted molar refractivity (Wildman–Crippen MR) is 210 cm³/mol. The Bertz CT molecular complexity index is 1090.